The van der Waals surface area contributed by atoms with Crippen LogP contribution >= 0.6 is 0 Å². The van der Waals surface area contributed by atoms with E-state index in [4.69, 9.17) is 9.29 Å². The van der Waals surface area contributed by atoms with Gasteiger partial charge in [-0.15, -0.1) is 0 Å². The van der Waals surface area contributed by atoms with Crippen LogP contribution in [0.2, 0.25) is 0 Å². The van der Waals surface area contributed by atoms with Crippen LogP contribution in [0.1, 0.15) is 27.2 Å². The third kappa shape index (κ3) is 5.25. The second-order valence-electron chi connectivity index (χ2n) is 5.59. The highest BCUT2D eigenvalue weighted by molar-refractivity contribution is 7.86. The van der Waals surface area contributed by atoms with Gasteiger partial charge in [-0.2, -0.15) is 8.42 Å². The highest BCUT2D eigenvalue weighted by atomic mass is 32.2. The van der Waals surface area contributed by atoms with Gasteiger partial charge < -0.3 is 10.1 Å². The summed E-state index contributed by atoms with van der Waals surface area (Å²) in [4.78, 5) is 23.0. The zero-order chi connectivity index (χ0) is 14.8. The van der Waals surface area contributed by atoms with E-state index in [2.05, 4.69) is 5.32 Å². The van der Waals surface area contributed by atoms with Crippen LogP contribution in [0, 0.1) is 5.41 Å². The topological polar surface area (TPSA) is 110 Å². The van der Waals surface area contributed by atoms with Gasteiger partial charge in [-0.3, -0.25) is 14.1 Å². The molecular weight excluding hydrogens is 274 g/mol. The minimum atomic E-state index is -4.42. The van der Waals surface area contributed by atoms with Gasteiger partial charge in [0.15, 0.2) is 5.78 Å². The van der Waals surface area contributed by atoms with Gasteiger partial charge in [-0.25, -0.2) is 0 Å². The number of amides is 1. The largest absolute Gasteiger partial charge is 0.375 e. The number of carbonyl (C=O) groups is 2. The second-order valence-corrected chi connectivity index (χ2v) is 7.04. The molecule has 1 aliphatic heterocycles. The lowest BCUT2D eigenvalue weighted by Gasteiger charge is -2.22. The molecule has 0 radical (unpaired) electrons. The minimum absolute atomic E-state index is 0.139. The quantitative estimate of drug-likeness (QED) is 0.677. The van der Waals surface area contributed by atoms with Crippen LogP contribution < -0.4 is 5.32 Å². The summed E-state index contributed by atoms with van der Waals surface area (Å²) in [6.07, 6.45) is -0.0528. The maximum atomic E-state index is 11.9. The van der Waals surface area contributed by atoms with Crippen molar-refractivity contribution in [2.45, 2.75) is 39.3 Å². The van der Waals surface area contributed by atoms with Crippen molar-refractivity contribution in [2.75, 3.05) is 12.4 Å². The van der Waals surface area contributed by atoms with Crippen molar-refractivity contribution in [1.82, 2.24) is 5.32 Å². The first-order valence-electron chi connectivity index (χ1n) is 5.87. The van der Waals surface area contributed by atoms with Crippen LogP contribution in [0.15, 0.2) is 0 Å². The van der Waals surface area contributed by atoms with Gasteiger partial charge in [0.1, 0.15) is 11.8 Å². The number of hydrogen-bond donors (Lipinski definition) is 2. The molecular formula is C11H19NO6S. The Bertz CT molecular complexity index is 470. The lowest BCUT2D eigenvalue weighted by atomic mass is 9.88. The van der Waals surface area contributed by atoms with Crippen LogP contribution in [0.5, 0.6) is 0 Å². The fraction of sp³-hybridized carbons (Fsp3) is 0.818. The van der Waals surface area contributed by atoms with E-state index in [0.717, 1.165) is 0 Å². The van der Waals surface area contributed by atoms with Crippen molar-refractivity contribution < 1.29 is 27.3 Å². The SMILES string of the molecule is CC(=O)N[C@@H](C(=O)CS(=O)(=O)O)C1CC(C)(C)CO1. The van der Waals surface area contributed by atoms with Crippen molar-refractivity contribution in [1.29, 1.82) is 0 Å². The summed E-state index contributed by atoms with van der Waals surface area (Å²) in [6, 6.07) is -1.05. The molecule has 0 aromatic heterocycles. The van der Waals surface area contributed by atoms with Crippen molar-refractivity contribution in [3.05, 3.63) is 0 Å². The lowest BCUT2D eigenvalue weighted by molar-refractivity contribution is -0.128. The van der Waals surface area contributed by atoms with E-state index in [1.165, 1.54) is 6.92 Å². The van der Waals surface area contributed by atoms with Crippen LogP contribution in [-0.2, 0) is 24.4 Å². The van der Waals surface area contributed by atoms with Crippen LogP contribution in [-0.4, -0.2) is 49.2 Å². The van der Waals surface area contributed by atoms with Crippen LogP contribution in [0.25, 0.3) is 0 Å². The zero-order valence-electron chi connectivity index (χ0n) is 11.2. The Labute approximate surface area is 112 Å². The number of carbonyl (C=O) groups excluding carboxylic acids is 2. The molecule has 1 rings (SSSR count). The van der Waals surface area contributed by atoms with Crippen molar-refractivity contribution in [2.24, 2.45) is 5.41 Å². The summed E-state index contributed by atoms with van der Waals surface area (Å²) < 4.78 is 35.7. The fourth-order valence-electron chi connectivity index (χ4n) is 2.08. The van der Waals surface area contributed by atoms with Crippen LogP contribution in [0.3, 0.4) is 0 Å². The molecule has 0 spiro atoms. The highest BCUT2D eigenvalue weighted by Crippen LogP contribution is 2.33. The molecule has 1 fully saturated rings. The molecule has 110 valence electrons. The van der Waals surface area contributed by atoms with E-state index in [0.29, 0.717) is 13.0 Å². The predicted molar refractivity (Wildman–Crippen MR) is 67.2 cm³/mol. The summed E-state index contributed by atoms with van der Waals surface area (Å²) in [5.74, 6) is -2.26. The summed E-state index contributed by atoms with van der Waals surface area (Å²) in [5.41, 5.74) is -0.139. The van der Waals surface area contributed by atoms with E-state index >= 15 is 0 Å². The monoisotopic (exact) mass is 293 g/mol. The Morgan fingerprint density at radius 3 is 2.42 bits per heavy atom. The number of hydrogen-bond acceptors (Lipinski definition) is 5. The van der Waals surface area contributed by atoms with Gasteiger partial charge in [-0.1, -0.05) is 13.8 Å². The molecule has 1 amide bonds. The summed E-state index contributed by atoms with van der Waals surface area (Å²) in [7, 11) is -4.42. The third-order valence-corrected chi connectivity index (χ3v) is 3.49. The number of ether oxygens (including phenoxy) is 1. The molecule has 2 N–H and O–H groups in total. The van der Waals surface area contributed by atoms with Gasteiger partial charge in [0.05, 0.1) is 12.7 Å². The molecule has 1 aliphatic rings. The Morgan fingerprint density at radius 1 is 1.47 bits per heavy atom. The molecule has 1 saturated heterocycles. The van der Waals surface area contributed by atoms with Gasteiger partial charge in [-0.05, 0) is 11.8 Å². The fourth-order valence-corrected chi connectivity index (χ4v) is 2.62. The van der Waals surface area contributed by atoms with Crippen LogP contribution in [0.4, 0.5) is 0 Å². The first kappa shape index (κ1) is 16.1. The first-order valence-corrected chi connectivity index (χ1v) is 7.48. The van der Waals surface area contributed by atoms with E-state index in [1.807, 2.05) is 13.8 Å². The van der Waals surface area contributed by atoms with Gasteiger partial charge in [0, 0.05) is 6.92 Å². The van der Waals surface area contributed by atoms with Gasteiger partial charge in [0.2, 0.25) is 5.91 Å². The van der Waals surface area contributed by atoms with Gasteiger partial charge >= 0.3 is 0 Å². The zero-order valence-corrected chi connectivity index (χ0v) is 12.0. The normalized spacial score (nSPS) is 23.9. The predicted octanol–water partition coefficient (Wildman–Crippen LogP) is -0.237. The molecule has 0 bridgehead atoms. The Balaban J connectivity index is 2.84. The van der Waals surface area contributed by atoms with E-state index in [9.17, 15) is 18.0 Å². The number of ketones is 1. The van der Waals surface area contributed by atoms with E-state index < -0.39 is 39.7 Å². The standard InChI is InChI=1S/C11H19NO6S/c1-7(13)12-10(8(14)5-19(15,16)17)9-4-11(2,3)6-18-9/h9-10H,4-6H2,1-3H3,(H,12,13)(H,15,16,17)/t9?,10-/m0/s1. The highest BCUT2D eigenvalue weighted by Gasteiger charge is 2.40. The molecule has 1 heterocycles. The molecule has 7 nitrogen and oxygen atoms in total. The second kappa shape index (κ2) is 5.56. The summed E-state index contributed by atoms with van der Waals surface area (Å²) in [5, 5.41) is 2.39. The average Bonchev–Trinajstić information content (AvgIpc) is 2.52. The molecule has 19 heavy (non-hydrogen) atoms. The lowest BCUT2D eigenvalue weighted by Crippen LogP contribution is -2.50. The Hall–Kier alpha value is -0.990. The summed E-state index contributed by atoms with van der Waals surface area (Å²) >= 11 is 0. The third-order valence-electron chi connectivity index (χ3n) is 2.84. The average molecular weight is 293 g/mol. The maximum Gasteiger partial charge on any atom is 0.272 e. The molecule has 0 aromatic rings. The molecule has 8 heteroatoms. The number of Topliss-reactive ketones (excluding diaryl/α,β-unsaturated/α-hetero) is 1. The smallest absolute Gasteiger partial charge is 0.272 e. The minimum Gasteiger partial charge on any atom is -0.375 e. The van der Waals surface area contributed by atoms with Crippen molar-refractivity contribution in [3.8, 4) is 0 Å². The molecule has 2 atom stereocenters. The Kier molecular flexibility index (Phi) is 4.70. The maximum absolute atomic E-state index is 11.9. The first-order chi connectivity index (χ1) is 8.50. The summed E-state index contributed by atoms with van der Waals surface area (Å²) in [6.45, 7) is 5.55. The van der Waals surface area contributed by atoms with Crippen molar-refractivity contribution in [3.63, 3.8) is 0 Å². The molecule has 1 unspecified atom stereocenters. The number of rotatable bonds is 5. The molecule has 0 aliphatic carbocycles. The van der Waals surface area contributed by atoms with E-state index in [1.54, 1.807) is 0 Å². The molecule has 0 saturated carbocycles. The van der Waals surface area contributed by atoms with E-state index in [-0.39, 0.29) is 5.41 Å². The molecule has 0 aromatic carbocycles. The Morgan fingerprint density at radius 2 is 2.05 bits per heavy atom. The van der Waals surface area contributed by atoms with Crippen molar-refractivity contribution >= 4 is 21.8 Å². The number of nitrogens with one attached hydrogen (secondary N) is 1. The van der Waals surface area contributed by atoms with Gasteiger partial charge in [0.25, 0.3) is 10.1 Å².